The number of imidazole rings is 1. The summed E-state index contributed by atoms with van der Waals surface area (Å²) in [5, 5.41) is 4.37. The lowest BCUT2D eigenvalue weighted by atomic mass is 9.97. The summed E-state index contributed by atoms with van der Waals surface area (Å²) in [5.41, 5.74) is 2.23. The van der Waals surface area contributed by atoms with Crippen LogP contribution in [-0.2, 0) is 0 Å². The third-order valence-electron chi connectivity index (χ3n) is 3.83. The maximum atomic E-state index is 6.20. The van der Waals surface area contributed by atoms with Gasteiger partial charge in [0.15, 0.2) is 0 Å². The summed E-state index contributed by atoms with van der Waals surface area (Å²) in [5.74, 6) is 0. The van der Waals surface area contributed by atoms with Crippen molar-refractivity contribution in [3.8, 4) is 5.69 Å². The van der Waals surface area contributed by atoms with Crippen LogP contribution in [0.5, 0.6) is 0 Å². The number of hydrogen-bond acceptors (Lipinski definition) is 2. The van der Waals surface area contributed by atoms with E-state index in [1.807, 2.05) is 30.7 Å². The number of nitrogens with zero attached hydrogens (tertiary/aromatic N) is 2. The van der Waals surface area contributed by atoms with Gasteiger partial charge in [0.2, 0.25) is 0 Å². The van der Waals surface area contributed by atoms with E-state index in [1.165, 1.54) is 18.5 Å². The quantitative estimate of drug-likeness (QED) is 0.861. The van der Waals surface area contributed by atoms with Crippen molar-refractivity contribution in [2.24, 2.45) is 0 Å². The van der Waals surface area contributed by atoms with Gasteiger partial charge < -0.3 is 9.88 Å². The molecule has 20 heavy (non-hydrogen) atoms. The highest BCUT2D eigenvalue weighted by Gasteiger charge is 2.23. The molecule has 1 aliphatic rings. The Kier molecular flexibility index (Phi) is 4.15. The third kappa shape index (κ3) is 2.65. The lowest BCUT2D eigenvalue weighted by molar-refractivity contribution is 0.334. The van der Waals surface area contributed by atoms with E-state index >= 15 is 0 Å². The molecule has 1 aromatic heterocycles. The van der Waals surface area contributed by atoms with Crippen LogP contribution in [0.25, 0.3) is 5.69 Å². The second-order valence-corrected chi connectivity index (χ2v) is 6.51. The van der Waals surface area contributed by atoms with E-state index in [0.717, 1.165) is 16.6 Å². The molecule has 3 nitrogen and oxygen atoms in total. The van der Waals surface area contributed by atoms with Crippen molar-refractivity contribution in [3.05, 3.63) is 45.9 Å². The zero-order valence-corrected chi connectivity index (χ0v) is 13.7. The summed E-state index contributed by atoms with van der Waals surface area (Å²) >= 11 is 9.77. The molecule has 0 spiro atoms. The average molecular weight is 355 g/mol. The second kappa shape index (κ2) is 5.88. The molecule has 2 aromatic rings. The van der Waals surface area contributed by atoms with Gasteiger partial charge in [-0.1, -0.05) is 17.7 Å². The topological polar surface area (TPSA) is 29.9 Å². The molecule has 2 heterocycles. The Morgan fingerprint density at radius 1 is 1.40 bits per heavy atom. The number of piperidine rings is 1. The lowest BCUT2D eigenvalue weighted by Crippen LogP contribution is -2.35. The zero-order chi connectivity index (χ0) is 14.1. The summed E-state index contributed by atoms with van der Waals surface area (Å²) in [4.78, 5) is 4.33. The van der Waals surface area contributed by atoms with Crippen molar-refractivity contribution in [1.82, 2.24) is 14.9 Å². The molecule has 5 heteroatoms. The van der Waals surface area contributed by atoms with Crippen LogP contribution in [0.3, 0.4) is 0 Å². The molecule has 1 saturated heterocycles. The first kappa shape index (κ1) is 14.1. The predicted molar refractivity (Wildman–Crippen MR) is 85.5 cm³/mol. The second-order valence-electron chi connectivity index (χ2n) is 5.31. The molecular formula is C15H17BrClN3. The Morgan fingerprint density at radius 3 is 3.05 bits per heavy atom. The first-order valence-electron chi connectivity index (χ1n) is 6.89. The number of benzene rings is 1. The van der Waals surface area contributed by atoms with E-state index < -0.39 is 0 Å². The Hall–Kier alpha value is -0.840. The first-order valence-corrected chi connectivity index (χ1v) is 8.06. The molecule has 0 aliphatic carbocycles. The highest BCUT2D eigenvalue weighted by molar-refractivity contribution is 9.10. The number of halogens is 2. The van der Waals surface area contributed by atoms with Gasteiger partial charge in [-0.25, -0.2) is 4.98 Å². The smallest absolute Gasteiger partial charge is 0.0995 e. The van der Waals surface area contributed by atoms with Crippen molar-refractivity contribution in [2.45, 2.75) is 38.3 Å². The molecule has 3 rings (SSSR count). The highest BCUT2D eigenvalue weighted by atomic mass is 79.9. The molecule has 1 N–H and O–H groups in total. The number of rotatable bonds is 2. The van der Waals surface area contributed by atoms with Crippen molar-refractivity contribution in [3.63, 3.8) is 0 Å². The summed E-state index contributed by atoms with van der Waals surface area (Å²) in [6, 6.07) is 6.80. The summed E-state index contributed by atoms with van der Waals surface area (Å²) in [6.07, 6.45) is 7.44. The van der Waals surface area contributed by atoms with Gasteiger partial charge >= 0.3 is 0 Å². The van der Waals surface area contributed by atoms with Crippen molar-refractivity contribution < 1.29 is 0 Å². The van der Waals surface area contributed by atoms with Crippen LogP contribution in [0.4, 0.5) is 0 Å². The van der Waals surface area contributed by atoms with Gasteiger partial charge in [-0.05, 0) is 54.2 Å². The molecule has 1 aliphatic heterocycles. The maximum Gasteiger partial charge on any atom is 0.0995 e. The molecule has 0 saturated carbocycles. The van der Waals surface area contributed by atoms with E-state index in [4.69, 9.17) is 11.6 Å². The number of nitrogens with one attached hydrogen (secondary N) is 1. The fraction of sp³-hybridized carbons (Fsp3) is 0.400. The average Bonchev–Trinajstić information content (AvgIpc) is 2.91. The molecule has 2 unspecified atom stereocenters. The Labute approximate surface area is 132 Å². The van der Waals surface area contributed by atoms with E-state index in [9.17, 15) is 0 Å². The van der Waals surface area contributed by atoms with Crippen LogP contribution >= 0.6 is 27.5 Å². The van der Waals surface area contributed by atoms with Crippen LogP contribution < -0.4 is 5.32 Å². The van der Waals surface area contributed by atoms with E-state index in [0.29, 0.717) is 17.1 Å². The van der Waals surface area contributed by atoms with Crippen LogP contribution in [0.2, 0.25) is 5.02 Å². The minimum atomic E-state index is 0.354. The van der Waals surface area contributed by atoms with Gasteiger partial charge in [-0.2, -0.15) is 0 Å². The zero-order valence-electron chi connectivity index (χ0n) is 11.3. The van der Waals surface area contributed by atoms with Crippen molar-refractivity contribution in [1.29, 1.82) is 0 Å². The minimum Gasteiger partial charge on any atom is -0.306 e. The summed E-state index contributed by atoms with van der Waals surface area (Å²) in [6.45, 7) is 2.24. The lowest BCUT2D eigenvalue weighted by Gasteiger charge is -2.29. The molecule has 2 atom stereocenters. The maximum absolute atomic E-state index is 6.20. The molecule has 1 aromatic carbocycles. The first-order chi connectivity index (χ1) is 9.66. The largest absolute Gasteiger partial charge is 0.306 e. The SMILES string of the molecule is CC1CCCC(c2cncn2-c2cccc(Cl)c2Br)N1. The fourth-order valence-electron chi connectivity index (χ4n) is 2.81. The normalized spacial score (nSPS) is 22.9. The van der Waals surface area contributed by atoms with Crippen LogP contribution in [0, 0.1) is 0 Å². The Morgan fingerprint density at radius 2 is 2.25 bits per heavy atom. The van der Waals surface area contributed by atoms with Gasteiger partial charge in [-0.15, -0.1) is 0 Å². The van der Waals surface area contributed by atoms with E-state index in [2.05, 4.69) is 37.7 Å². The minimum absolute atomic E-state index is 0.354. The Balaban J connectivity index is 1.99. The molecule has 0 bridgehead atoms. The van der Waals surface area contributed by atoms with Gasteiger partial charge in [-0.3, -0.25) is 0 Å². The van der Waals surface area contributed by atoms with Crippen LogP contribution in [-0.4, -0.2) is 15.6 Å². The van der Waals surface area contributed by atoms with Gasteiger partial charge in [0.25, 0.3) is 0 Å². The van der Waals surface area contributed by atoms with E-state index in [-0.39, 0.29) is 0 Å². The number of hydrogen-bond donors (Lipinski definition) is 1. The van der Waals surface area contributed by atoms with Gasteiger partial charge in [0.1, 0.15) is 0 Å². The van der Waals surface area contributed by atoms with E-state index in [1.54, 1.807) is 0 Å². The molecular weight excluding hydrogens is 338 g/mol. The molecule has 106 valence electrons. The predicted octanol–water partition coefficient (Wildman–Crippen LogP) is 4.49. The van der Waals surface area contributed by atoms with Crippen LogP contribution in [0.15, 0.2) is 35.2 Å². The van der Waals surface area contributed by atoms with Crippen LogP contribution in [0.1, 0.15) is 37.9 Å². The summed E-state index contributed by atoms with van der Waals surface area (Å²) < 4.78 is 3.02. The third-order valence-corrected chi connectivity index (χ3v) is 5.21. The number of aromatic nitrogens is 2. The highest BCUT2D eigenvalue weighted by Crippen LogP contribution is 2.32. The standard InChI is InChI=1S/C15H17BrClN3/c1-10-4-2-6-12(19-10)14-8-18-9-20(14)13-7-3-5-11(17)15(13)16/h3,5,7-10,12,19H,2,4,6H2,1H3. The van der Waals surface area contributed by atoms with Gasteiger partial charge in [0.05, 0.1) is 33.4 Å². The molecule has 1 fully saturated rings. The van der Waals surface area contributed by atoms with Gasteiger partial charge in [0, 0.05) is 12.1 Å². The fourth-order valence-corrected chi connectivity index (χ4v) is 3.44. The summed E-state index contributed by atoms with van der Waals surface area (Å²) in [7, 11) is 0. The monoisotopic (exact) mass is 353 g/mol. The Bertz CT molecular complexity index is 611. The van der Waals surface area contributed by atoms with Crippen molar-refractivity contribution in [2.75, 3.05) is 0 Å². The molecule has 0 amide bonds. The molecule has 0 radical (unpaired) electrons. The van der Waals surface area contributed by atoms with Crippen molar-refractivity contribution >= 4 is 27.5 Å².